The van der Waals surface area contributed by atoms with Gasteiger partial charge in [-0.2, -0.15) is 0 Å². The molecule has 3 heterocycles. The molecule has 0 atom stereocenters. The number of methoxy groups -OCH3 is 1. The molecule has 1 aliphatic heterocycles. The molecule has 1 fully saturated rings. The second-order valence-electron chi connectivity index (χ2n) is 5.77. The first kappa shape index (κ1) is 13.5. The summed E-state index contributed by atoms with van der Waals surface area (Å²) in [6.07, 6.45) is 3.96. The zero-order valence-electron chi connectivity index (χ0n) is 12.5. The van der Waals surface area contributed by atoms with Crippen LogP contribution < -0.4 is 0 Å². The van der Waals surface area contributed by atoms with Crippen LogP contribution in [0.2, 0.25) is 0 Å². The highest BCUT2D eigenvalue weighted by Gasteiger charge is 2.26. The third-order valence-corrected chi connectivity index (χ3v) is 4.21. The van der Waals surface area contributed by atoms with Crippen molar-refractivity contribution in [2.24, 2.45) is 0 Å². The molecule has 4 nitrogen and oxygen atoms in total. The van der Waals surface area contributed by atoms with Gasteiger partial charge in [0.25, 0.3) is 0 Å². The molecule has 2 aromatic heterocycles. The Bertz CT molecular complexity index is 776. The third-order valence-electron chi connectivity index (χ3n) is 4.21. The molecule has 0 N–H and O–H groups in total. The Balaban J connectivity index is 1.56. The minimum Gasteiger partial charge on any atom is -0.456 e. The number of hydrogen-bond acceptors (Lipinski definition) is 4. The first-order valence-corrected chi connectivity index (χ1v) is 7.50. The predicted molar refractivity (Wildman–Crippen MR) is 85.5 cm³/mol. The highest BCUT2D eigenvalue weighted by molar-refractivity contribution is 5.83. The quantitative estimate of drug-likeness (QED) is 0.740. The van der Waals surface area contributed by atoms with Crippen molar-refractivity contribution >= 4 is 11.0 Å². The molecule has 112 valence electrons. The van der Waals surface area contributed by atoms with Gasteiger partial charge in [-0.3, -0.25) is 9.88 Å². The van der Waals surface area contributed by atoms with E-state index in [9.17, 15) is 0 Å². The van der Waals surface area contributed by atoms with Gasteiger partial charge in [-0.05, 0) is 29.8 Å². The molecular weight excluding hydrogens is 276 g/mol. The molecule has 0 radical (unpaired) electrons. The normalized spacial score (nSPS) is 16.0. The SMILES string of the molecule is COC1CN(Cc2ccc3cc(-c4ccncc4)oc3c2)C1. The van der Waals surface area contributed by atoms with Crippen LogP contribution in [-0.4, -0.2) is 36.2 Å². The van der Waals surface area contributed by atoms with Crippen molar-refractivity contribution in [3.63, 3.8) is 0 Å². The molecule has 3 aromatic rings. The van der Waals surface area contributed by atoms with Gasteiger partial charge in [0.05, 0.1) is 6.10 Å². The van der Waals surface area contributed by atoms with E-state index in [-0.39, 0.29) is 0 Å². The second kappa shape index (κ2) is 5.55. The summed E-state index contributed by atoms with van der Waals surface area (Å²) < 4.78 is 11.3. The van der Waals surface area contributed by atoms with Crippen LogP contribution in [0.4, 0.5) is 0 Å². The minimum absolute atomic E-state index is 0.394. The van der Waals surface area contributed by atoms with E-state index in [1.165, 1.54) is 5.56 Å². The zero-order chi connectivity index (χ0) is 14.9. The topological polar surface area (TPSA) is 38.5 Å². The third kappa shape index (κ3) is 2.51. The number of pyridine rings is 1. The number of hydrogen-bond donors (Lipinski definition) is 0. The van der Waals surface area contributed by atoms with E-state index in [0.717, 1.165) is 41.9 Å². The molecule has 0 aliphatic carbocycles. The van der Waals surface area contributed by atoms with Crippen molar-refractivity contribution in [1.29, 1.82) is 0 Å². The Kier molecular flexibility index (Phi) is 3.41. The lowest BCUT2D eigenvalue weighted by atomic mass is 10.1. The summed E-state index contributed by atoms with van der Waals surface area (Å²) in [5.74, 6) is 0.887. The van der Waals surface area contributed by atoms with E-state index in [0.29, 0.717) is 6.10 Å². The number of aromatic nitrogens is 1. The van der Waals surface area contributed by atoms with E-state index < -0.39 is 0 Å². The largest absolute Gasteiger partial charge is 0.456 e. The number of fused-ring (bicyclic) bond motifs is 1. The maximum Gasteiger partial charge on any atom is 0.135 e. The molecule has 0 unspecified atom stereocenters. The average Bonchev–Trinajstić information content (AvgIpc) is 2.94. The fourth-order valence-corrected chi connectivity index (χ4v) is 2.89. The summed E-state index contributed by atoms with van der Waals surface area (Å²) in [5.41, 5.74) is 3.27. The van der Waals surface area contributed by atoms with Crippen LogP contribution in [0.25, 0.3) is 22.3 Å². The van der Waals surface area contributed by atoms with Gasteiger partial charge in [0.2, 0.25) is 0 Å². The van der Waals surface area contributed by atoms with Gasteiger partial charge >= 0.3 is 0 Å². The summed E-state index contributed by atoms with van der Waals surface area (Å²) in [6.45, 7) is 2.96. The first-order valence-electron chi connectivity index (χ1n) is 7.50. The van der Waals surface area contributed by atoms with E-state index in [4.69, 9.17) is 9.15 Å². The molecule has 0 amide bonds. The smallest absolute Gasteiger partial charge is 0.135 e. The van der Waals surface area contributed by atoms with Gasteiger partial charge < -0.3 is 9.15 Å². The molecule has 1 saturated heterocycles. The van der Waals surface area contributed by atoms with Gasteiger partial charge in [-0.1, -0.05) is 12.1 Å². The lowest BCUT2D eigenvalue weighted by Gasteiger charge is -2.38. The lowest BCUT2D eigenvalue weighted by molar-refractivity contribution is -0.0333. The molecule has 0 bridgehead atoms. The van der Waals surface area contributed by atoms with Crippen LogP contribution in [0.5, 0.6) is 0 Å². The molecule has 1 aromatic carbocycles. The number of furan rings is 1. The molecule has 4 heteroatoms. The van der Waals surface area contributed by atoms with Crippen LogP contribution in [0.15, 0.2) is 53.2 Å². The first-order chi connectivity index (χ1) is 10.8. The zero-order valence-corrected chi connectivity index (χ0v) is 12.5. The van der Waals surface area contributed by atoms with Crippen LogP contribution >= 0.6 is 0 Å². The van der Waals surface area contributed by atoms with Crippen molar-refractivity contribution in [1.82, 2.24) is 9.88 Å². The van der Waals surface area contributed by atoms with E-state index in [1.807, 2.05) is 12.1 Å². The Morgan fingerprint density at radius 2 is 2.00 bits per heavy atom. The van der Waals surface area contributed by atoms with Crippen molar-refractivity contribution < 1.29 is 9.15 Å². The summed E-state index contributed by atoms with van der Waals surface area (Å²) in [5, 5.41) is 1.13. The highest BCUT2D eigenvalue weighted by Crippen LogP contribution is 2.28. The summed E-state index contributed by atoms with van der Waals surface area (Å²) >= 11 is 0. The van der Waals surface area contributed by atoms with Crippen molar-refractivity contribution in [2.75, 3.05) is 20.2 Å². The van der Waals surface area contributed by atoms with Gasteiger partial charge in [-0.25, -0.2) is 0 Å². The van der Waals surface area contributed by atoms with Crippen LogP contribution in [0.1, 0.15) is 5.56 Å². The van der Waals surface area contributed by atoms with E-state index in [1.54, 1.807) is 19.5 Å². The van der Waals surface area contributed by atoms with Crippen molar-refractivity contribution in [3.05, 3.63) is 54.4 Å². The molecule has 22 heavy (non-hydrogen) atoms. The number of likely N-dealkylation sites (tertiary alicyclic amines) is 1. The van der Waals surface area contributed by atoms with Gasteiger partial charge in [-0.15, -0.1) is 0 Å². The maximum absolute atomic E-state index is 6.00. The van der Waals surface area contributed by atoms with E-state index >= 15 is 0 Å². The van der Waals surface area contributed by atoms with Crippen LogP contribution in [-0.2, 0) is 11.3 Å². The molecule has 1 aliphatic rings. The molecular formula is C18H18N2O2. The summed E-state index contributed by atoms with van der Waals surface area (Å²) in [6, 6.07) is 12.5. The Labute approximate surface area is 129 Å². The number of nitrogens with zero attached hydrogens (tertiary/aromatic N) is 2. The number of benzene rings is 1. The van der Waals surface area contributed by atoms with Gasteiger partial charge in [0.15, 0.2) is 0 Å². The summed E-state index contributed by atoms with van der Waals surface area (Å²) in [7, 11) is 1.78. The Morgan fingerprint density at radius 3 is 2.77 bits per heavy atom. The fourth-order valence-electron chi connectivity index (χ4n) is 2.89. The van der Waals surface area contributed by atoms with Crippen LogP contribution in [0.3, 0.4) is 0 Å². The van der Waals surface area contributed by atoms with Crippen LogP contribution in [0, 0.1) is 0 Å². The second-order valence-corrected chi connectivity index (χ2v) is 5.77. The average molecular weight is 294 g/mol. The molecule has 0 spiro atoms. The Hall–Kier alpha value is -2.17. The van der Waals surface area contributed by atoms with Crippen molar-refractivity contribution in [2.45, 2.75) is 12.6 Å². The van der Waals surface area contributed by atoms with Gasteiger partial charge in [0, 0.05) is 50.1 Å². The summed E-state index contributed by atoms with van der Waals surface area (Å²) in [4.78, 5) is 6.42. The lowest BCUT2D eigenvalue weighted by Crippen LogP contribution is -2.50. The Morgan fingerprint density at radius 1 is 1.18 bits per heavy atom. The predicted octanol–water partition coefficient (Wildman–Crippen LogP) is 3.33. The number of rotatable bonds is 4. The van der Waals surface area contributed by atoms with Gasteiger partial charge in [0.1, 0.15) is 11.3 Å². The standard InChI is InChI=1S/C18H18N2O2/c1-21-16-11-20(12-16)10-13-2-3-15-9-18(22-17(15)8-13)14-4-6-19-7-5-14/h2-9,16H,10-12H2,1H3. The monoisotopic (exact) mass is 294 g/mol. The fraction of sp³-hybridized carbons (Fsp3) is 0.278. The van der Waals surface area contributed by atoms with Crippen molar-refractivity contribution in [3.8, 4) is 11.3 Å². The maximum atomic E-state index is 6.00. The van der Waals surface area contributed by atoms with E-state index in [2.05, 4.69) is 34.1 Å². The molecule has 0 saturated carbocycles. The molecule has 4 rings (SSSR count). The highest BCUT2D eigenvalue weighted by atomic mass is 16.5. The minimum atomic E-state index is 0.394. The number of ether oxygens (including phenoxy) is 1.